The van der Waals surface area contributed by atoms with Crippen LogP contribution in [0.4, 0.5) is 0 Å². The first kappa shape index (κ1) is 13.3. The summed E-state index contributed by atoms with van der Waals surface area (Å²) in [5.41, 5.74) is 8.81. The molecule has 4 heteroatoms. The van der Waals surface area contributed by atoms with Gasteiger partial charge >= 0.3 is 0 Å². The maximum absolute atomic E-state index is 6.18. The molecule has 0 fully saturated rings. The third-order valence-corrected chi connectivity index (χ3v) is 4.10. The van der Waals surface area contributed by atoms with Gasteiger partial charge in [0.05, 0.1) is 6.04 Å². The second-order valence-corrected chi connectivity index (χ2v) is 6.62. The van der Waals surface area contributed by atoms with Crippen molar-refractivity contribution in [3.8, 4) is 0 Å². The number of aryl methyl sites for hydroxylation is 1. The van der Waals surface area contributed by atoms with Crippen molar-refractivity contribution in [3.05, 3.63) is 47.1 Å². The minimum absolute atomic E-state index is 0.0859. The molecule has 0 radical (unpaired) electrons. The van der Waals surface area contributed by atoms with Crippen molar-refractivity contribution in [2.24, 2.45) is 11.1 Å². The number of rotatable bonds is 2. The monoisotopic (exact) mass is 271 g/mol. The van der Waals surface area contributed by atoms with Gasteiger partial charge in [0.1, 0.15) is 0 Å². The van der Waals surface area contributed by atoms with E-state index in [0.717, 1.165) is 18.7 Å². The van der Waals surface area contributed by atoms with Crippen molar-refractivity contribution in [3.63, 3.8) is 0 Å². The summed E-state index contributed by atoms with van der Waals surface area (Å²) in [6.07, 6.45) is 2.12. The van der Waals surface area contributed by atoms with Crippen LogP contribution in [0.25, 0.3) is 0 Å². The number of hydrogen-bond acceptors (Lipinski definition) is 4. The fourth-order valence-corrected chi connectivity index (χ4v) is 2.71. The van der Waals surface area contributed by atoms with Crippen LogP contribution in [0, 0.1) is 5.41 Å². The maximum atomic E-state index is 6.18. The largest absolute Gasteiger partial charge is 0.338 e. The number of nitrogens with two attached hydrogens (primary N) is 1. The molecule has 2 N–H and O–H groups in total. The second kappa shape index (κ2) is 4.70. The molecular weight excluding hydrogens is 250 g/mol. The van der Waals surface area contributed by atoms with Gasteiger partial charge in [0.15, 0.2) is 5.82 Å². The van der Waals surface area contributed by atoms with Crippen molar-refractivity contribution in [2.75, 3.05) is 0 Å². The summed E-state index contributed by atoms with van der Waals surface area (Å²) >= 11 is 0. The Labute approximate surface area is 119 Å². The van der Waals surface area contributed by atoms with Gasteiger partial charge < -0.3 is 10.3 Å². The van der Waals surface area contributed by atoms with Crippen molar-refractivity contribution < 1.29 is 4.52 Å². The molecule has 4 nitrogen and oxygen atoms in total. The van der Waals surface area contributed by atoms with Crippen LogP contribution in [0.3, 0.4) is 0 Å². The van der Waals surface area contributed by atoms with Crippen LogP contribution in [0.1, 0.15) is 62.0 Å². The molecule has 0 amide bonds. The van der Waals surface area contributed by atoms with Crippen molar-refractivity contribution in [2.45, 2.75) is 45.6 Å². The Morgan fingerprint density at radius 2 is 2.05 bits per heavy atom. The Bertz CT molecular complexity index is 612. The van der Waals surface area contributed by atoms with Crippen LogP contribution < -0.4 is 5.73 Å². The lowest BCUT2D eigenvalue weighted by Crippen LogP contribution is -2.26. The average Bonchev–Trinajstić information content (AvgIpc) is 3.02. The first-order valence-corrected chi connectivity index (χ1v) is 7.13. The molecule has 1 unspecified atom stereocenters. The fraction of sp³-hybridized carbons (Fsp3) is 0.500. The molecule has 106 valence electrons. The standard InChI is InChI=1S/C16H21N3O/c1-16(2,3)13(17)15-18-14(19-20-15)12-9-8-10-6-4-5-7-11(10)12/h4-7,12-13H,8-9,17H2,1-3H3/t12?,13-/m1/s1. The van der Waals surface area contributed by atoms with Gasteiger partial charge in [-0.15, -0.1) is 0 Å². The molecule has 1 heterocycles. The smallest absolute Gasteiger partial charge is 0.244 e. The van der Waals surface area contributed by atoms with Gasteiger partial charge in [-0.3, -0.25) is 0 Å². The van der Waals surface area contributed by atoms with Crippen LogP contribution in [-0.2, 0) is 6.42 Å². The van der Waals surface area contributed by atoms with E-state index >= 15 is 0 Å². The third kappa shape index (κ3) is 2.24. The van der Waals surface area contributed by atoms with Crippen molar-refractivity contribution in [1.29, 1.82) is 0 Å². The first-order valence-electron chi connectivity index (χ1n) is 7.13. The highest BCUT2D eigenvalue weighted by molar-refractivity contribution is 5.38. The lowest BCUT2D eigenvalue weighted by atomic mass is 9.87. The fourth-order valence-electron chi connectivity index (χ4n) is 2.71. The quantitative estimate of drug-likeness (QED) is 0.911. The second-order valence-electron chi connectivity index (χ2n) is 6.62. The van der Waals surface area contributed by atoms with E-state index in [9.17, 15) is 0 Å². The molecule has 1 aromatic heterocycles. The lowest BCUT2D eigenvalue weighted by Gasteiger charge is -2.23. The SMILES string of the molecule is CC(C)(C)[C@H](N)c1nc(C2CCc3ccccc32)no1. The van der Waals surface area contributed by atoms with E-state index in [1.807, 2.05) is 0 Å². The molecule has 0 aliphatic heterocycles. The average molecular weight is 271 g/mol. The third-order valence-electron chi connectivity index (χ3n) is 4.10. The van der Waals surface area contributed by atoms with Crippen LogP contribution in [0.15, 0.2) is 28.8 Å². The Morgan fingerprint density at radius 3 is 2.80 bits per heavy atom. The van der Waals surface area contributed by atoms with E-state index < -0.39 is 0 Å². The predicted molar refractivity (Wildman–Crippen MR) is 77.3 cm³/mol. The highest BCUT2D eigenvalue weighted by atomic mass is 16.5. The number of fused-ring (bicyclic) bond motifs is 1. The molecule has 0 saturated carbocycles. The van der Waals surface area contributed by atoms with Crippen LogP contribution >= 0.6 is 0 Å². The van der Waals surface area contributed by atoms with Gasteiger partial charge in [-0.25, -0.2) is 0 Å². The molecule has 0 spiro atoms. The maximum Gasteiger partial charge on any atom is 0.244 e. The topological polar surface area (TPSA) is 64.9 Å². The van der Waals surface area contributed by atoms with Crippen LogP contribution in [0.5, 0.6) is 0 Å². The highest BCUT2D eigenvalue weighted by Gasteiger charge is 2.31. The van der Waals surface area contributed by atoms with Gasteiger partial charge in [0.25, 0.3) is 0 Å². The summed E-state index contributed by atoms with van der Waals surface area (Å²) in [6, 6.07) is 8.25. The van der Waals surface area contributed by atoms with Crippen molar-refractivity contribution in [1.82, 2.24) is 10.1 Å². The molecular formula is C16H21N3O. The summed E-state index contributed by atoms with van der Waals surface area (Å²) in [4.78, 5) is 4.55. The normalized spacial score (nSPS) is 19.9. The Hall–Kier alpha value is -1.68. The first-order chi connectivity index (χ1) is 9.47. The molecule has 20 heavy (non-hydrogen) atoms. The summed E-state index contributed by atoms with van der Waals surface area (Å²) in [7, 11) is 0. The molecule has 3 rings (SSSR count). The van der Waals surface area contributed by atoms with Crippen molar-refractivity contribution >= 4 is 0 Å². The Balaban J connectivity index is 1.89. The molecule has 2 atom stereocenters. The summed E-state index contributed by atoms with van der Waals surface area (Å²) in [5, 5.41) is 4.17. The molecule has 2 aromatic rings. The van der Waals surface area contributed by atoms with Gasteiger partial charge in [0, 0.05) is 5.92 Å². The summed E-state index contributed by atoms with van der Waals surface area (Å²) < 4.78 is 5.39. The predicted octanol–water partition coefficient (Wildman–Crippen LogP) is 3.19. The Morgan fingerprint density at radius 1 is 1.30 bits per heavy atom. The summed E-state index contributed by atoms with van der Waals surface area (Å²) in [5.74, 6) is 1.55. The zero-order valence-electron chi connectivity index (χ0n) is 12.3. The van der Waals surface area contributed by atoms with Crippen LogP contribution in [0.2, 0.25) is 0 Å². The molecule has 1 aliphatic carbocycles. The van der Waals surface area contributed by atoms with Gasteiger partial charge in [-0.1, -0.05) is 50.2 Å². The number of benzene rings is 1. The van der Waals surface area contributed by atoms with Gasteiger partial charge in [-0.2, -0.15) is 4.98 Å². The number of hydrogen-bond donors (Lipinski definition) is 1. The molecule has 1 aliphatic rings. The Kier molecular flexibility index (Phi) is 3.13. The van der Waals surface area contributed by atoms with E-state index in [-0.39, 0.29) is 17.4 Å². The minimum Gasteiger partial charge on any atom is -0.338 e. The van der Waals surface area contributed by atoms with Gasteiger partial charge in [0.2, 0.25) is 5.89 Å². The van der Waals surface area contributed by atoms with Gasteiger partial charge in [-0.05, 0) is 29.4 Å². The van der Waals surface area contributed by atoms with E-state index in [2.05, 4.69) is 55.2 Å². The molecule has 0 saturated heterocycles. The number of nitrogens with zero attached hydrogens (tertiary/aromatic N) is 2. The van der Waals surface area contributed by atoms with E-state index in [4.69, 9.17) is 10.3 Å². The zero-order chi connectivity index (χ0) is 14.3. The highest BCUT2D eigenvalue weighted by Crippen LogP contribution is 2.37. The van der Waals surface area contributed by atoms with E-state index in [0.29, 0.717) is 5.89 Å². The lowest BCUT2D eigenvalue weighted by molar-refractivity contribution is 0.252. The van der Waals surface area contributed by atoms with E-state index in [1.165, 1.54) is 11.1 Å². The minimum atomic E-state index is -0.236. The zero-order valence-corrected chi connectivity index (χ0v) is 12.3. The molecule has 1 aromatic carbocycles. The van der Waals surface area contributed by atoms with Crippen LogP contribution in [-0.4, -0.2) is 10.1 Å². The number of aromatic nitrogens is 2. The van der Waals surface area contributed by atoms with E-state index in [1.54, 1.807) is 0 Å². The molecule has 0 bridgehead atoms. The summed E-state index contributed by atoms with van der Waals surface area (Å²) in [6.45, 7) is 6.23.